The number of morpholine rings is 1. The Hall–Kier alpha value is -1.69. The molecule has 2 fully saturated rings. The molecule has 134 valence electrons. The molecule has 3 atom stereocenters. The number of benzene rings is 1. The summed E-state index contributed by atoms with van der Waals surface area (Å²) >= 11 is 0. The molecule has 0 spiro atoms. The van der Waals surface area contributed by atoms with Gasteiger partial charge >= 0.3 is 0 Å². The molecule has 1 aliphatic heterocycles. The zero-order chi connectivity index (χ0) is 17.2. The number of aryl methyl sites for hydroxylation is 1. The van der Waals surface area contributed by atoms with Gasteiger partial charge < -0.3 is 9.84 Å². The third kappa shape index (κ3) is 3.50. The van der Waals surface area contributed by atoms with Crippen LogP contribution in [0.15, 0.2) is 36.5 Å². The minimum Gasteiger partial charge on any atom is -0.393 e. The molecule has 1 N–H and O–H groups in total. The second-order valence-electron chi connectivity index (χ2n) is 7.29. The molecule has 0 amide bonds. The Balaban J connectivity index is 1.53. The predicted molar refractivity (Wildman–Crippen MR) is 96.7 cm³/mol. The lowest BCUT2D eigenvalue weighted by Crippen LogP contribution is -2.50. The van der Waals surface area contributed by atoms with E-state index in [1.165, 1.54) is 5.56 Å². The number of nitrogens with zero attached hydrogens (tertiary/aromatic N) is 3. The number of hydrogen-bond acceptors (Lipinski definition) is 4. The molecule has 1 aromatic carbocycles. The van der Waals surface area contributed by atoms with Gasteiger partial charge in [0.05, 0.1) is 30.7 Å². The van der Waals surface area contributed by atoms with Crippen molar-refractivity contribution in [2.45, 2.75) is 44.9 Å². The van der Waals surface area contributed by atoms with Gasteiger partial charge in [-0.1, -0.05) is 24.6 Å². The standard InChI is InChI=1S/C20H27N3O2/c1-15-16(13-23(21-15)17-6-3-2-4-7-17)12-22-10-11-25-14-19(22)18-8-5-9-20(18)24/h2-4,6-7,13,18-20,24H,5,8-12,14H2,1H3. The van der Waals surface area contributed by atoms with E-state index >= 15 is 0 Å². The second kappa shape index (κ2) is 7.28. The molecule has 2 aliphatic rings. The van der Waals surface area contributed by atoms with Crippen LogP contribution < -0.4 is 0 Å². The second-order valence-corrected chi connectivity index (χ2v) is 7.29. The fourth-order valence-corrected chi connectivity index (χ4v) is 4.25. The summed E-state index contributed by atoms with van der Waals surface area (Å²) in [5.74, 6) is 0.338. The molecule has 5 heteroatoms. The summed E-state index contributed by atoms with van der Waals surface area (Å²) < 4.78 is 7.70. The number of ether oxygens (including phenoxy) is 1. The maximum Gasteiger partial charge on any atom is 0.0645 e. The lowest BCUT2D eigenvalue weighted by atomic mass is 9.94. The summed E-state index contributed by atoms with van der Waals surface area (Å²) in [6.45, 7) is 5.37. The highest BCUT2D eigenvalue weighted by molar-refractivity contribution is 5.32. The highest BCUT2D eigenvalue weighted by atomic mass is 16.5. The third-order valence-corrected chi connectivity index (χ3v) is 5.70. The maximum absolute atomic E-state index is 10.3. The van der Waals surface area contributed by atoms with Crippen molar-refractivity contribution < 1.29 is 9.84 Å². The SMILES string of the molecule is Cc1nn(-c2ccccc2)cc1CN1CCOCC1C1CCCC1O. The van der Waals surface area contributed by atoms with E-state index < -0.39 is 0 Å². The van der Waals surface area contributed by atoms with Crippen LogP contribution in [0, 0.1) is 12.8 Å². The monoisotopic (exact) mass is 341 g/mol. The molecular weight excluding hydrogens is 314 g/mol. The van der Waals surface area contributed by atoms with E-state index in [0.29, 0.717) is 12.0 Å². The van der Waals surface area contributed by atoms with E-state index in [-0.39, 0.29) is 6.10 Å². The first kappa shape index (κ1) is 16.8. The van der Waals surface area contributed by atoms with Gasteiger partial charge in [-0.25, -0.2) is 4.68 Å². The quantitative estimate of drug-likeness (QED) is 0.928. The van der Waals surface area contributed by atoms with Crippen molar-refractivity contribution in [3.63, 3.8) is 0 Å². The van der Waals surface area contributed by atoms with Gasteiger partial charge in [-0.3, -0.25) is 4.90 Å². The van der Waals surface area contributed by atoms with E-state index in [1.807, 2.05) is 22.9 Å². The molecule has 2 heterocycles. The fraction of sp³-hybridized carbons (Fsp3) is 0.550. The summed E-state index contributed by atoms with van der Waals surface area (Å²) in [6.07, 6.45) is 5.12. The maximum atomic E-state index is 10.3. The van der Waals surface area contributed by atoms with E-state index in [4.69, 9.17) is 9.84 Å². The summed E-state index contributed by atoms with van der Waals surface area (Å²) in [7, 11) is 0. The van der Waals surface area contributed by atoms with E-state index in [1.54, 1.807) is 0 Å². The molecule has 4 rings (SSSR count). The molecular formula is C20H27N3O2. The lowest BCUT2D eigenvalue weighted by Gasteiger charge is -2.40. The van der Waals surface area contributed by atoms with Crippen molar-refractivity contribution >= 4 is 0 Å². The number of aliphatic hydroxyl groups is 1. The van der Waals surface area contributed by atoms with Crippen molar-refractivity contribution in [1.82, 2.24) is 14.7 Å². The molecule has 25 heavy (non-hydrogen) atoms. The molecule has 1 aromatic heterocycles. The van der Waals surface area contributed by atoms with Crippen molar-refractivity contribution in [2.75, 3.05) is 19.8 Å². The number of hydrogen-bond donors (Lipinski definition) is 1. The van der Waals surface area contributed by atoms with Crippen LogP contribution in [-0.2, 0) is 11.3 Å². The molecule has 0 bridgehead atoms. The molecule has 2 aromatic rings. The number of rotatable bonds is 4. The highest BCUT2D eigenvalue weighted by Gasteiger charge is 2.37. The Labute approximate surface area is 149 Å². The van der Waals surface area contributed by atoms with Crippen LogP contribution in [0.4, 0.5) is 0 Å². The Morgan fingerprint density at radius 2 is 2.08 bits per heavy atom. The largest absolute Gasteiger partial charge is 0.393 e. The topological polar surface area (TPSA) is 50.5 Å². The van der Waals surface area contributed by atoms with Gasteiger partial charge in [0.15, 0.2) is 0 Å². The molecule has 0 radical (unpaired) electrons. The first-order chi connectivity index (χ1) is 12.2. The van der Waals surface area contributed by atoms with E-state index in [0.717, 1.165) is 56.9 Å². The lowest BCUT2D eigenvalue weighted by molar-refractivity contribution is -0.0537. The van der Waals surface area contributed by atoms with Crippen molar-refractivity contribution in [3.8, 4) is 5.69 Å². The summed E-state index contributed by atoms with van der Waals surface area (Å²) in [6, 6.07) is 10.5. The smallest absolute Gasteiger partial charge is 0.0645 e. The van der Waals surface area contributed by atoms with Crippen LogP contribution in [0.25, 0.3) is 5.69 Å². The van der Waals surface area contributed by atoms with Crippen LogP contribution in [0.1, 0.15) is 30.5 Å². The summed E-state index contributed by atoms with van der Waals surface area (Å²) in [4.78, 5) is 2.49. The Morgan fingerprint density at radius 3 is 2.84 bits per heavy atom. The van der Waals surface area contributed by atoms with Gasteiger partial charge in [-0.15, -0.1) is 0 Å². The zero-order valence-electron chi connectivity index (χ0n) is 14.8. The van der Waals surface area contributed by atoms with E-state index in [2.05, 4.69) is 30.2 Å². The first-order valence-corrected chi connectivity index (χ1v) is 9.33. The van der Waals surface area contributed by atoms with Gasteiger partial charge in [0.2, 0.25) is 0 Å². The van der Waals surface area contributed by atoms with Crippen molar-refractivity contribution in [2.24, 2.45) is 5.92 Å². The fourth-order valence-electron chi connectivity index (χ4n) is 4.25. The van der Waals surface area contributed by atoms with Gasteiger partial charge in [-0.05, 0) is 31.9 Å². The van der Waals surface area contributed by atoms with Crippen molar-refractivity contribution in [1.29, 1.82) is 0 Å². The third-order valence-electron chi connectivity index (χ3n) is 5.70. The molecule has 5 nitrogen and oxygen atoms in total. The van der Waals surface area contributed by atoms with E-state index in [9.17, 15) is 5.11 Å². The Kier molecular flexibility index (Phi) is 4.88. The molecule has 1 aliphatic carbocycles. The normalized spacial score (nSPS) is 27.7. The van der Waals surface area contributed by atoms with Gasteiger partial charge in [-0.2, -0.15) is 5.10 Å². The average Bonchev–Trinajstić information content (AvgIpc) is 3.22. The average molecular weight is 341 g/mol. The Morgan fingerprint density at radius 1 is 1.24 bits per heavy atom. The first-order valence-electron chi connectivity index (χ1n) is 9.33. The summed E-state index contributed by atoms with van der Waals surface area (Å²) in [5, 5.41) is 15.0. The predicted octanol–water partition coefficient (Wildman–Crippen LogP) is 2.54. The number of para-hydroxylation sites is 1. The zero-order valence-corrected chi connectivity index (χ0v) is 14.8. The molecule has 3 unspecified atom stereocenters. The van der Waals surface area contributed by atoms with Crippen LogP contribution in [-0.4, -0.2) is 51.7 Å². The highest BCUT2D eigenvalue weighted by Crippen LogP contribution is 2.33. The van der Waals surface area contributed by atoms with Crippen LogP contribution in [0.5, 0.6) is 0 Å². The van der Waals surface area contributed by atoms with Gasteiger partial charge in [0, 0.05) is 36.8 Å². The number of aromatic nitrogens is 2. The number of aliphatic hydroxyl groups excluding tert-OH is 1. The Bertz CT molecular complexity index is 700. The van der Waals surface area contributed by atoms with Gasteiger partial charge in [0.1, 0.15) is 0 Å². The van der Waals surface area contributed by atoms with Crippen LogP contribution in [0.2, 0.25) is 0 Å². The molecule has 1 saturated heterocycles. The van der Waals surface area contributed by atoms with Crippen LogP contribution in [0.3, 0.4) is 0 Å². The van der Waals surface area contributed by atoms with Gasteiger partial charge in [0.25, 0.3) is 0 Å². The minimum atomic E-state index is -0.178. The molecule has 1 saturated carbocycles. The summed E-state index contributed by atoms with van der Waals surface area (Å²) in [5.41, 5.74) is 3.41. The minimum absolute atomic E-state index is 0.178. The van der Waals surface area contributed by atoms with Crippen LogP contribution >= 0.6 is 0 Å². The van der Waals surface area contributed by atoms with Crippen molar-refractivity contribution in [3.05, 3.63) is 47.8 Å².